The van der Waals surface area contributed by atoms with Gasteiger partial charge in [0.05, 0.1) is 30.1 Å². The van der Waals surface area contributed by atoms with Crippen LogP contribution in [0.5, 0.6) is 0 Å². The maximum Gasteiger partial charge on any atom is 0.393 e. The van der Waals surface area contributed by atoms with E-state index >= 15 is 0 Å². The molecule has 1 fully saturated rings. The van der Waals surface area contributed by atoms with Crippen molar-refractivity contribution in [1.29, 1.82) is 0 Å². The summed E-state index contributed by atoms with van der Waals surface area (Å²) in [4.78, 5) is 16.4. The molecule has 2 atom stereocenters. The second-order valence-electron chi connectivity index (χ2n) is 5.89. The molecule has 0 spiro atoms. The third-order valence-electron chi connectivity index (χ3n) is 4.18. The van der Waals surface area contributed by atoms with Gasteiger partial charge in [-0.25, -0.2) is 9.37 Å². The Kier molecular flexibility index (Phi) is 4.51. The Hall–Kier alpha value is -2.42. The monoisotopic (exact) mass is 358 g/mol. The SMILES string of the molecule is O=C(O)[C@@H]1CN(Cc2ncc(-c3ccccc3F)o2)C[C@H]1C(F)(F)F. The van der Waals surface area contributed by atoms with Crippen molar-refractivity contribution in [1.82, 2.24) is 9.88 Å². The molecule has 0 amide bonds. The minimum atomic E-state index is -4.59. The van der Waals surface area contributed by atoms with Crippen LogP contribution in [0.15, 0.2) is 34.9 Å². The van der Waals surface area contributed by atoms with Gasteiger partial charge in [0.15, 0.2) is 5.76 Å². The fourth-order valence-corrected chi connectivity index (χ4v) is 2.96. The van der Waals surface area contributed by atoms with Gasteiger partial charge in [0.1, 0.15) is 5.82 Å². The number of alkyl halides is 3. The number of rotatable bonds is 4. The molecule has 3 rings (SSSR count). The number of halogens is 4. The fourth-order valence-electron chi connectivity index (χ4n) is 2.96. The molecule has 0 radical (unpaired) electrons. The summed E-state index contributed by atoms with van der Waals surface area (Å²) in [6.07, 6.45) is -3.30. The van der Waals surface area contributed by atoms with Gasteiger partial charge in [0, 0.05) is 13.1 Å². The van der Waals surface area contributed by atoms with Crippen molar-refractivity contribution < 1.29 is 31.9 Å². The lowest BCUT2D eigenvalue weighted by molar-refractivity contribution is -0.188. The van der Waals surface area contributed by atoms with E-state index in [1.165, 1.54) is 29.3 Å². The van der Waals surface area contributed by atoms with E-state index in [1.807, 2.05) is 0 Å². The van der Waals surface area contributed by atoms with E-state index in [9.17, 15) is 22.4 Å². The zero-order chi connectivity index (χ0) is 18.2. The van der Waals surface area contributed by atoms with Gasteiger partial charge < -0.3 is 9.52 Å². The first kappa shape index (κ1) is 17.4. The van der Waals surface area contributed by atoms with Crippen LogP contribution in [-0.4, -0.2) is 40.2 Å². The topological polar surface area (TPSA) is 66.6 Å². The summed E-state index contributed by atoms with van der Waals surface area (Å²) in [7, 11) is 0. The van der Waals surface area contributed by atoms with Gasteiger partial charge in [0.2, 0.25) is 5.89 Å². The predicted molar refractivity (Wildman–Crippen MR) is 77.8 cm³/mol. The highest BCUT2D eigenvalue weighted by atomic mass is 19.4. The zero-order valence-corrected chi connectivity index (χ0v) is 12.8. The summed E-state index contributed by atoms with van der Waals surface area (Å²) in [6.45, 7) is -0.778. The number of likely N-dealkylation sites (tertiary alicyclic amines) is 1. The van der Waals surface area contributed by atoms with Crippen LogP contribution in [0.2, 0.25) is 0 Å². The van der Waals surface area contributed by atoms with Crippen molar-refractivity contribution in [3.05, 3.63) is 42.2 Å². The fraction of sp³-hybridized carbons (Fsp3) is 0.375. The zero-order valence-electron chi connectivity index (χ0n) is 12.8. The largest absolute Gasteiger partial charge is 0.481 e. The van der Waals surface area contributed by atoms with Crippen LogP contribution in [-0.2, 0) is 11.3 Å². The van der Waals surface area contributed by atoms with Gasteiger partial charge >= 0.3 is 12.1 Å². The van der Waals surface area contributed by atoms with Crippen LogP contribution in [0.3, 0.4) is 0 Å². The van der Waals surface area contributed by atoms with Gasteiger partial charge in [0.25, 0.3) is 0 Å². The highest BCUT2D eigenvalue weighted by Crippen LogP contribution is 2.38. The number of benzene rings is 1. The third-order valence-corrected chi connectivity index (χ3v) is 4.18. The molecule has 1 saturated heterocycles. The Morgan fingerprint density at radius 2 is 2.04 bits per heavy atom. The van der Waals surface area contributed by atoms with E-state index in [4.69, 9.17) is 9.52 Å². The normalized spacial score (nSPS) is 21.6. The van der Waals surface area contributed by atoms with E-state index in [1.54, 1.807) is 6.07 Å². The first-order chi connectivity index (χ1) is 11.8. The Morgan fingerprint density at radius 3 is 2.64 bits per heavy atom. The van der Waals surface area contributed by atoms with E-state index < -0.39 is 36.3 Å². The Balaban J connectivity index is 1.74. The summed E-state index contributed by atoms with van der Waals surface area (Å²) in [5, 5.41) is 9.01. The van der Waals surface area contributed by atoms with Crippen LogP contribution >= 0.6 is 0 Å². The summed E-state index contributed by atoms with van der Waals surface area (Å²) >= 11 is 0. The number of carboxylic acids is 1. The van der Waals surface area contributed by atoms with Crippen LogP contribution in [0.4, 0.5) is 17.6 Å². The van der Waals surface area contributed by atoms with Gasteiger partial charge in [-0.05, 0) is 12.1 Å². The lowest BCUT2D eigenvalue weighted by atomic mass is 9.96. The summed E-state index contributed by atoms with van der Waals surface area (Å²) in [6, 6.07) is 5.88. The maximum absolute atomic E-state index is 13.7. The number of nitrogens with zero attached hydrogens (tertiary/aromatic N) is 2. The minimum Gasteiger partial charge on any atom is -0.481 e. The molecule has 5 nitrogen and oxygen atoms in total. The van der Waals surface area contributed by atoms with Gasteiger partial charge in [-0.2, -0.15) is 13.2 Å². The highest BCUT2D eigenvalue weighted by Gasteiger charge is 2.52. The first-order valence-electron chi connectivity index (χ1n) is 7.47. The summed E-state index contributed by atoms with van der Waals surface area (Å²) < 4.78 is 58.1. The average molecular weight is 358 g/mol. The lowest BCUT2D eigenvalue weighted by Gasteiger charge is -2.18. The van der Waals surface area contributed by atoms with Crippen molar-refractivity contribution in [3.8, 4) is 11.3 Å². The minimum absolute atomic E-state index is 0.0786. The van der Waals surface area contributed by atoms with Crippen molar-refractivity contribution in [2.75, 3.05) is 13.1 Å². The maximum atomic E-state index is 13.7. The number of hydrogen-bond donors (Lipinski definition) is 1. The average Bonchev–Trinajstić information content (AvgIpc) is 3.15. The van der Waals surface area contributed by atoms with Crippen molar-refractivity contribution >= 4 is 5.97 Å². The molecule has 134 valence electrons. The van der Waals surface area contributed by atoms with Crippen molar-refractivity contribution in [2.24, 2.45) is 11.8 Å². The lowest BCUT2D eigenvalue weighted by Crippen LogP contribution is -2.33. The van der Waals surface area contributed by atoms with E-state index in [-0.39, 0.29) is 30.3 Å². The van der Waals surface area contributed by atoms with Crippen molar-refractivity contribution in [2.45, 2.75) is 12.7 Å². The molecule has 0 unspecified atom stereocenters. The smallest absolute Gasteiger partial charge is 0.393 e. The molecular formula is C16H14F4N2O3. The van der Waals surface area contributed by atoms with E-state index in [0.29, 0.717) is 0 Å². The van der Waals surface area contributed by atoms with Crippen LogP contribution in [0.1, 0.15) is 5.89 Å². The van der Waals surface area contributed by atoms with E-state index in [0.717, 1.165) is 0 Å². The molecule has 0 saturated carbocycles. The van der Waals surface area contributed by atoms with Crippen molar-refractivity contribution in [3.63, 3.8) is 0 Å². The van der Waals surface area contributed by atoms with Gasteiger partial charge in [-0.15, -0.1) is 0 Å². The Bertz CT molecular complexity index is 775. The van der Waals surface area contributed by atoms with Crippen LogP contribution < -0.4 is 0 Å². The molecule has 9 heteroatoms. The molecule has 1 aliphatic heterocycles. The molecule has 2 aromatic rings. The predicted octanol–water partition coefficient (Wildman–Crippen LogP) is 3.18. The molecule has 1 aromatic carbocycles. The second-order valence-corrected chi connectivity index (χ2v) is 5.89. The van der Waals surface area contributed by atoms with Crippen LogP contribution in [0.25, 0.3) is 11.3 Å². The van der Waals surface area contributed by atoms with Crippen LogP contribution in [0, 0.1) is 17.7 Å². The Morgan fingerprint density at radius 1 is 1.32 bits per heavy atom. The molecule has 1 aliphatic rings. The van der Waals surface area contributed by atoms with Gasteiger partial charge in [-0.1, -0.05) is 12.1 Å². The number of hydrogen-bond acceptors (Lipinski definition) is 4. The number of carbonyl (C=O) groups is 1. The molecule has 1 aromatic heterocycles. The quantitative estimate of drug-likeness (QED) is 0.851. The molecule has 0 aliphatic carbocycles. The second kappa shape index (κ2) is 6.47. The molecular weight excluding hydrogens is 344 g/mol. The summed E-state index contributed by atoms with van der Waals surface area (Å²) in [5.74, 6) is -5.19. The standard InChI is InChI=1S/C16H14F4N2O3/c17-12-4-2-1-3-9(12)13-5-21-14(25-13)8-22-6-10(15(23)24)11(7-22)16(18,19)20/h1-5,10-11H,6-8H2,(H,23,24)/t10-,11-/m1/s1. The summed E-state index contributed by atoms with van der Waals surface area (Å²) in [5.41, 5.74) is 0.194. The van der Waals surface area contributed by atoms with Gasteiger partial charge in [-0.3, -0.25) is 9.69 Å². The molecule has 0 bridgehead atoms. The highest BCUT2D eigenvalue weighted by molar-refractivity contribution is 5.71. The molecule has 25 heavy (non-hydrogen) atoms. The number of carboxylic acid groups (broad SMARTS) is 1. The number of aromatic nitrogens is 1. The third kappa shape index (κ3) is 3.65. The first-order valence-corrected chi connectivity index (χ1v) is 7.47. The Labute approximate surface area is 139 Å². The molecule has 1 N–H and O–H groups in total. The molecule has 2 heterocycles. The number of aliphatic carboxylic acids is 1. The van der Waals surface area contributed by atoms with E-state index in [2.05, 4.69) is 4.98 Å². The number of oxazole rings is 1.